The molecule has 0 saturated carbocycles. The summed E-state index contributed by atoms with van der Waals surface area (Å²) >= 11 is 5.90. The maximum absolute atomic E-state index is 11.3. The van der Waals surface area contributed by atoms with Gasteiger partial charge in [-0.3, -0.25) is 4.79 Å². The molecule has 1 heterocycles. The van der Waals surface area contributed by atoms with E-state index in [0.29, 0.717) is 16.4 Å². The summed E-state index contributed by atoms with van der Waals surface area (Å²) in [7, 11) is 0. The number of nitrogens with zero attached hydrogens (tertiary/aromatic N) is 3. The molecule has 1 atom stereocenters. The van der Waals surface area contributed by atoms with Crippen molar-refractivity contribution in [1.29, 1.82) is 0 Å². The fourth-order valence-corrected chi connectivity index (χ4v) is 1.42. The molecule has 2 rings (SSSR count). The number of azo groups is 1. The molecule has 0 aliphatic carbocycles. The Morgan fingerprint density at radius 1 is 1.44 bits per heavy atom. The summed E-state index contributed by atoms with van der Waals surface area (Å²) in [6, 6.07) is 6.40. The van der Waals surface area contributed by atoms with E-state index >= 15 is 0 Å². The second-order valence-electron chi connectivity index (χ2n) is 3.30. The van der Waals surface area contributed by atoms with E-state index in [9.17, 15) is 4.79 Å². The third kappa shape index (κ3) is 2.09. The van der Waals surface area contributed by atoms with Crippen molar-refractivity contribution >= 4 is 28.9 Å². The number of hydrogen-bond acceptors (Lipinski definition) is 4. The normalized spacial score (nSPS) is 20.0. The lowest BCUT2D eigenvalue weighted by Crippen LogP contribution is -2.25. The third-order valence-corrected chi connectivity index (χ3v) is 2.44. The molecular weight excluding hydrogens is 228 g/mol. The average Bonchev–Trinajstić information content (AvgIpc) is 2.58. The minimum atomic E-state index is -0.642. The lowest BCUT2D eigenvalue weighted by Gasteiger charge is -1.99. The molecule has 1 amide bonds. The van der Waals surface area contributed by atoms with Gasteiger partial charge in [-0.25, -0.2) is 5.43 Å². The van der Waals surface area contributed by atoms with Gasteiger partial charge in [-0.1, -0.05) is 23.7 Å². The number of hydrogen-bond donors (Lipinski definition) is 1. The molecule has 0 fully saturated rings. The van der Waals surface area contributed by atoms with E-state index in [1.807, 2.05) is 0 Å². The van der Waals surface area contributed by atoms with Gasteiger partial charge >= 0.3 is 0 Å². The molecule has 0 radical (unpaired) electrons. The molecular formula is C10H9ClN4O. The van der Waals surface area contributed by atoms with Crippen LogP contribution in [-0.4, -0.2) is 17.7 Å². The number of benzene rings is 1. The standard InChI is InChI=1S/C10H9ClN4O/c1-6-9(10(16)15-12-6)14-13-8-5-3-2-4-7(8)11/h2-5,9H,1H3,(H,15,16). The fourth-order valence-electron chi connectivity index (χ4n) is 1.24. The van der Waals surface area contributed by atoms with Gasteiger partial charge in [0.1, 0.15) is 5.69 Å². The number of amides is 1. The van der Waals surface area contributed by atoms with Crippen LogP contribution in [0.4, 0.5) is 5.69 Å². The van der Waals surface area contributed by atoms with Crippen LogP contribution in [0.1, 0.15) is 6.92 Å². The molecule has 1 aliphatic rings. The zero-order chi connectivity index (χ0) is 11.5. The maximum Gasteiger partial charge on any atom is 0.272 e. The molecule has 0 aromatic heterocycles. The number of carbonyl (C=O) groups is 1. The molecule has 0 spiro atoms. The highest BCUT2D eigenvalue weighted by molar-refractivity contribution is 6.32. The van der Waals surface area contributed by atoms with Crippen LogP contribution in [0.2, 0.25) is 5.02 Å². The van der Waals surface area contributed by atoms with Crippen molar-refractivity contribution in [3.8, 4) is 0 Å². The highest BCUT2D eigenvalue weighted by atomic mass is 35.5. The van der Waals surface area contributed by atoms with Gasteiger partial charge in [-0.05, 0) is 19.1 Å². The van der Waals surface area contributed by atoms with Crippen molar-refractivity contribution in [3.63, 3.8) is 0 Å². The Morgan fingerprint density at radius 3 is 2.81 bits per heavy atom. The molecule has 82 valence electrons. The van der Waals surface area contributed by atoms with Crippen molar-refractivity contribution in [1.82, 2.24) is 5.43 Å². The van der Waals surface area contributed by atoms with E-state index in [1.165, 1.54) is 0 Å². The van der Waals surface area contributed by atoms with Gasteiger partial charge in [0.15, 0.2) is 6.04 Å². The SMILES string of the molecule is CC1=NNC(=O)C1N=Nc1ccccc1Cl. The quantitative estimate of drug-likeness (QED) is 0.787. The number of hydrazone groups is 1. The first-order valence-electron chi connectivity index (χ1n) is 4.68. The van der Waals surface area contributed by atoms with Gasteiger partial charge in [-0.2, -0.15) is 15.3 Å². The third-order valence-electron chi connectivity index (χ3n) is 2.12. The van der Waals surface area contributed by atoms with E-state index in [-0.39, 0.29) is 5.91 Å². The largest absolute Gasteiger partial charge is 0.272 e. The van der Waals surface area contributed by atoms with Crippen LogP contribution in [0.5, 0.6) is 0 Å². The van der Waals surface area contributed by atoms with E-state index in [2.05, 4.69) is 20.8 Å². The van der Waals surface area contributed by atoms with E-state index < -0.39 is 6.04 Å². The molecule has 1 aromatic rings. The highest BCUT2D eigenvalue weighted by Crippen LogP contribution is 2.24. The highest BCUT2D eigenvalue weighted by Gasteiger charge is 2.26. The smallest absolute Gasteiger partial charge is 0.270 e. The second kappa shape index (κ2) is 4.40. The second-order valence-corrected chi connectivity index (χ2v) is 3.71. The lowest BCUT2D eigenvalue weighted by atomic mass is 10.2. The monoisotopic (exact) mass is 236 g/mol. The lowest BCUT2D eigenvalue weighted by molar-refractivity contribution is -0.120. The molecule has 0 saturated heterocycles. The van der Waals surface area contributed by atoms with Gasteiger partial charge in [0.2, 0.25) is 0 Å². The Labute approximate surface area is 97.2 Å². The fraction of sp³-hybridized carbons (Fsp3) is 0.200. The van der Waals surface area contributed by atoms with Crippen LogP contribution >= 0.6 is 11.6 Å². The van der Waals surface area contributed by atoms with Crippen LogP contribution in [0.15, 0.2) is 39.6 Å². The molecule has 16 heavy (non-hydrogen) atoms. The van der Waals surface area contributed by atoms with Gasteiger partial charge in [0.25, 0.3) is 5.91 Å². The first-order chi connectivity index (χ1) is 7.68. The van der Waals surface area contributed by atoms with Crippen LogP contribution in [0.25, 0.3) is 0 Å². The zero-order valence-corrected chi connectivity index (χ0v) is 9.27. The first kappa shape index (κ1) is 10.8. The zero-order valence-electron chi connectivity index (χ0n) is 8.51. The topological polar surface area (TPSA) is 66.2 Å². The molecule has 1 aliphatic heterocycles. The number of halogens is 1. The Bertz CT molecular complexity index is 483. The molecule has 1 unspecified atom stereocenters. The van der Waals surface area contributed by atoms with E-state index in [4.69, 9.17) is 11.6 Å². The average molecular weight is 237 g/mol. The number of rotatable bonds is 2. The van der Waals surface area contributed by atoms with Crippen molar-refractivity contribution in [2.75, 3.05) is 0 Å². The minimum absolute atomic E-state index is 0.270. The van der Waals surface area contributed by atoms with E-state index in [0.717, 1.165) is 0 Å². The summed E-state index contributed by atoms with van der Waals surface area (Å²) in [5, 5.41) is 12.1. The van der Waals surface area contributed by atoms with Gasteiger partial charge in [0, 0.05) is 0 Å². The number of nitrogens with one attached hydrogen (secondary N) is 1. The summed E-state index contributed by atoms with van der Waals surface area (Å²) in [5.41, 5.74) is 3.47. The Kier molecular flexibility index (Phi) is 2.96. The van der Waals surface area contributed by atoms with Crippen molar-refractivity contribution in [2.24, 2.45) is 15.3 Å². The molecule has 1 aromatic carbocycles. The van der Waals surface area contributed by atoms with Crippen LogP contribution < -0.4 is 5.43 Å². The van der Waals surface area contributed by atoms with Gasteiger partial charge in [0.05, 0.1) is 10.7 Å². The summed E-state index contributed by atoms with van der Waals surface area (Å²) in [4.78, 5) is 11.3. The first-order valence-corrected chi connectivity index (χ1v) is 5.05. The molecule has 5 nitrogen and oxygen atoms in total. The Morgan fingerprint density at radius 2 is 2.19 bits per heavy atom. The molecule has 1 N–H and O–H groups in total. The predicted octanol–water partition coefficient (Wildman–Crippen LogP) is 2.30. The molecule has 6 heteroatoms. The summed E-state index contributed by atoms with van der Waals surface area (Å²) in [6.07, 6.45) is 0. The predicted molar refractivity (Wildman–Crippen MR) is 61.0 cm³/mol. The summed E-state index contributed by atoms with van der Waals surface area (Å²) in [6.45, 7) is 1.72. The van der Waals surface area contributed by atoms with Crippen molar-refractivity contribution < 1.29 is 4.79 Å². The Hall–Kier alpha value is -1.75. The van der Waals surface area contributed by atoms with Crippen LogP contribution in [0.3, 0.4) is 0 Å². The van der Waals surface area contributed by atoms with Gasteiger partial charge < -0.3 is 0 Å². The summed E-state index contributed by atoms with van der Waals surface area (Å²) in [5.74, 6) is -0.270. The summed E-state index contributed by atoms with van der Waals surface area (Å²) < 4.78 is 0. The maximum atomic E-state index is 11.3. The minimum Gasteiger partial charge on any atom is -0.270 e. The molecule has 0 bridgehead atoms. The number of carbonyl (C=O) groups excluding carboxylic acids is 1. The van der Waals surface area contributed by atoms with Crippen molar-refractivity contribution in [3.05, 3.63) is 29.3 Å². The van der Waals surface area contributed by atoms with Gasteiger partial charge in [-0.15, -0.1) is 0 Å². The van der Waals surface area contributed by atoms with Crippen molar-refractivity contribution in [2.45, 2.75) is 13.0 Å². The van der Waals surface area contributed by atoms with E-state index in [1.54, 1.807) is 31.2 Å². The van der Waals surface area contributed by atoms with Crippen LogP contribution in [-0.2, 0) is 4.79 Å². The Balaban J connectivity index is 2.19. The van der Waals surface area contributed by atoms with Crippen LogP contribution in [0, 0.1) is 0 Å².